The van der Waals surface area contributed by atoms with Crippen molar-refractivity contribution in [1.82, 2.24) is 0 Å². The van der Waals surface area contributed by atoms with Gasteiger partial charge < -0.3 is 5.11 Å². The van der Waals surface area contributed by atoms with Gasteiger partial charge in [0, 0.05) is 6.42 Å². The number of carbonyl (C=O) groups is 1. The van der Waals surface area contributed by atoms with E-state index in [4.69, 9.17) is 0 Å². The summed E-state index contributed by atoms with van der Waals surface area (Å²) in [4.78, 5) is 11.1. The molecule has 0 aromatic carbocycles. The molecule has 0 bridgehead atoms. The molecule has 1 atom stereocenters. The molecule has 0 aliphatic heterocycles. The third kappa shape index (κ3) is 12.5. The van der Waals surface area contributed by atoms with Crippen molar-refractivity contribution in [3.63, 3.8) is 0 Å². The summed E-state index contributed by atoms with van der Waals surface area (Å²) < 4.78 is 0. The summed E-state index contributed by atoms with van der Waals surface area (Å²) in [5, 5.41) is 9.91. The van der Waals surface area contributed by atoms with E-state index in [1.807, 2.05) is 50.3 Å². The summed E-state index contributed by atoms with van der Waals surface area (Å²) in [6.45, 7) is 16.6. The summed E-state index contributed by atoms with van der Waals surface area (Å²) in [5.74, 6) is -0.0108. The Morgan fingerprint density at radius 1 is 0.857 bits per heavy atom. The zero-order chi connectivity index (χ0) is 26.4. The minimum absolute atomic E-state index is 0.0108. The highest BCUT2D eigenvalue weighted by atomic mass is 16.3. The number of carbonyl (C=O) groups excluding carboxylic acids is 1. The molecule has 1 N–H and O–H groups in total. The standard InChI is InChI=1S/C33H46O2/c1-25(14-9-10-15-26(2)18-12-19-29(5)32(35)24-30(6)34)16-11-17-27(3)21-22-31-28(4)20-13-23-33(31,7)8/h9-12,14-19,21-22,32,35H,13,20,23-24H2,1-8H3/b10-9+,16-11+,18-12+,22-21+,25-14+,26-15+,27-17+,29-19+. The van der Waals surface area contributed by atoms with Crippen LogP contribution in [0.15, 0.2) is 106 Å². The molecular weight excluding hydrogens is 428 g/mol. The Morgan fingerprint density at radius 2 is 1.37 bits per heavy atom. The molecule has 0 aromatic heterocycles. The Balaban J connectivity index is 2.63. The lowest BCUT2D eigenvalue weighted by Gasteiger charge is -2.32. The van der Waals surface area contributed by atoms with Crippen molar-refractivity contribution in [3.05, 3.63) is 106 Å². The maximum absolute atomic E-state index is 11.1. The second-order valence-electron chi connectivity index (χ2n) is 10.4. The lowest BCUT2D eigenvalue weighted by molar-refractivity contribution is -0.118. The maximum atomic E-state index is 11.1. The van der Waals surface area contributed by atoms with Crippen LogP contribution < -0.4 is 0 Å². The number of rotatable bonds is 11. The van der Waals surface area contributed by atoms with E-state index in [0.29, 0.717) is 0 Å². The second-order valence-corrected chi connectivity index (χ2v) is 10.4. The molecule has 0 aromatic rings. The average molecular weight is 475 g/mol. The minimum Gasteiger partial charge on any atom is -0.388 e. The van der Waals surface area contributed by atoms with Crippen LogP contribution in [0, 0.1) is 5.41 Å². The average Bonchev–Trinajstić information content (AvgIpc) is 2.75. The molecule has 0 fully saturated rings. The predicted octanol–water partition coefficient (Wildman–Crippen LogP) is 8.86. The monoisotopic (exact) mass is 474 g/mol. The lowest BCUT2D eigenvalue weighted by Crippen LogP contribution is -2.19. The van der Waals surface area contributed by atoms with E-state index in [0.717, 1.165) is 11.1 Å². The van der Waals surface area contributed by atoms with Gasteiger partial charge in [-0.3, -0.25) is 4.79 Å². The Morgan fingerprint density at radius 3 is 1.91 bits per heavy atom. The van der Waals surface area contributed by atoms with Crippen LogP contribution in [0.3, 0.4) is 0 Å². The fourth-order valence-electron chi connectivity index (χ4n) is 4.05. The number of hydrogen-bond acceptors (Lipinski definition) is 2. The molecule has 35 heavy (non-hydrogen) atoms. The third-order valence-corrected chi connectivity index (χ3v) is 6.33. The number of aliphatic hydroxyl groups excluding tert-OH is 1. The van der Waals surface area contributed by atoms with E-state index in [1.165, 1.54) is 48.5 Å². The highest BCUT2D eigenvalue weighted by molar-refractivity contribution is 5.76. The molecule has 0 spiro atoms. The van der Waals surface area contributed by atoms with Crippen LogP contribution in [-0.4, -0.2) is 17.0 Å². The molecule has 2 nitrogen and oxygen atoms in total. The highest BCUT2D eigenvalue weighted by Gasteiger charge is 2.26. The van der Waals surface area contributed by atoms with Crippen LogP contribution in [0.1, 0.15) is 81.1 Å². The Labute approximate surface area is 214 Å². The Kier molecular flexibility index (Phi) is 13.3. The second kappa shape index (κ2) is 15.3. The highest BCUT2D eigenvalue weighted by Crippen LogP contribution is 2.40. The lowest BCUT2D eigenvalue weighted by atomic mass is 9.72. The van der Waals surface area contributed by atoms with Crippen molar-refractivity contribution < 1.29 is 9.90 Å². The van der Waals surface area contributed by atoms with Gasteiger partial charge in [0.1, 0.15) is 5.78 Å². The van der Waals surface area contributed by atoms with Crippen LogP contribution in [-0.2, 0) is 4.79 Å². The van der Waals surface area contributed by atoms with Crippen molar-refractivity contribution in [2.24, 2.45) is 5.41 Å². The molecule has 1 rings (SSSR count). The normalized spacial score (nSPS) is 19.7. The first-order valence-electron chi connectivity index (χ1n) is 12.7. The van der Waals surface area contributed by atoms with E-state index < -0.39 is 6.10 Å². The van der Waals surface area contributed by atoms with Crippen molar-refractivity contribution >= 4 is 5.78 Å². The summed E-state index contributed by atoms with van der Waals surface area (Å²) in [6, 6.07) is 0. The van der Waals surface area contributed by atoms with Crippen LogP contribution in [0.5, 0.6) is 0 Å². The fraction of sp³-hybridized carbons (Fsp3) is 0.424. The van der Waals surface area contributed by atoms with Gasteiger partial charge in [0.25, 0.3) is 0 Å². The SMILES string of the molecule is CC(=O)CC(O)/C(C)=C/C=C/C(C)=C/C=C/C=C(C)/C=C/C=C(C)/C=C/C1=C(C)CCCC1(C)C. The first-order chi connectivity index (χ1) is 16.4. The topological polar surface area (TPSA) is 37.3 Å². The van der Waals surface area contributed by atoms with Crippen molar-refractivity contribution in [2.45, 2.75) is 87.2 Å². The van der Waals surface area contributed by atoms with Gasteiger partial charge in [0.2, 0.25) is 0 Å². The van der Waals surface area contributed by atoms with Crippen molar-refractivity contribution in [3.8, 4) is 0 Å². The predicted molar refractivity (Wildman–Crippen MR) is 153 cm³/mol. The van der Waals surface area contributed by atoms with E-state index in [-0.39, 0.29) is 17.6 Å². The van der Waals surface area contributed by atoms with Crippen LogP contribution in [0.25, 0.3) is 0 Å². The van der Waals surface area contributed by atoms with Crippen LogP contribution in [0.4, 0.5) is 0 Å². The van der Waals surface area contributed by atoms with E-state index in [9.17, 15) is 9.90 Å². The Bertz CT molecular complexity index is 998. The van der Waals surface area contributed by atoms with E-state index >= 15 is 0 Å². The largest absolute Gasteiger partial charge is 0.388 e. The summed E-state index contributed by atoms with van der Waals surface area (Å²) >= 11 is 0. The van der Waals surface area contributed by atoms with Gasteiger partial charge >= 0.3 is 0 Å². The zero-order valence-corrected chi connectivity index (χ0v) is 23.2. The molecule has 0 saturated heterocycles. The minimum atomic E-state index is -0.706. The summed E-state index contributed by atoms with van der Waals surface area (Å²) in [6.07, 6.45) is 28.1. The van der Waals surface area contributed by atoms with Gasteiger partial charge in [-0.1, -0.05) is 109 Å². The first kappa shape index (κ1) is 30.3. The van der Waals surface area contributed by atoms with E-state index in [2.05, 4.69) is 71.1 Å². The number of hydrogen-bond donors (Lipinski definition) is 1. The molecule has 190 valence electrons. The third-order valence-electron chi connectivity index (χ3n) is 6.33. The van der Waals surface area contributed by atoms with Gasteiger partial charge in [0.05, 0.1) is 6.10 Å². The Hall–Kier alpha value is -2.71. The summed E-state index contributed by atoms with van der Waals surface area (Å²) in [7, 11) is 0. The molecule has 1 unspecified atom stereocenters. The molecule has 1 aliphatic rings. The molecule has 2 heteroatoms. The smallest absolute Gasteiger partial charge is 0.132 e. The molecule has 0 heterocycles. The zero-order valence-electron chi connectivity index (χ0n) is 23.2. The van der Waals surface area contributed by atoms with Crippen LogP contribution in [0.2, 0.25) is 0 Å². The number of ketones is 1. The van der Waals surface area contributed by atoms with E-state index in [1.54, 1.807) is 0 Å². The molecule has 1 aliphatic carbocycles. The van der Waals surface area contributed by atoms with Crippen molar-refractivity contribution in [1.29, 1.82) is 0 Å². The number of Topliss-reactive ketones (excluding diaryl/α,β-unsaturated/α-hetero) is 1. The van der Waals surface area contributed by atoms with Gasteiger partial charge in [-0.25, -0.2) is 0 Å². The van der Waals surface area contributed by atoms with Gasteiger partial charge in [-0.05, 0) is 77.4 Å². The van der Waals surface area contributed by atoms with Gasteiger partial charge in [0.15, 0.2) is 0 Å². The number of aliphatic hydroxyl groups is 1. The fourth-order valence-corrected chi connectivity index (χ4v) is 4.05. The summed E-state index contributed by atoms with van der Waals surface area (Å²) in [5.41, 5.74) is 7.62. The van der Waals surface area contributed by atoms with Crippen LogP contribution >= 0.6 is 0 Å². The van der Waals surface area contributed by atoms with Gasteiger partial charge in [-0.2, -0.15) is 0 Å². The first-order valence-corrected chi connectivity index (χ1v) is 12.7. The molecule has 0 radical (unpaired) electrons. The molecule has 0 saturated carbocycles. The van der Waals surface area contributed by atoms with Gasteiger partial charge in [-0.15, -0.1) is 0 Å². The quantitative estimate of drug-likeness (QED) is 0.304. The maximum Gasteiger partial charge on any atom is 0.132 e. The number of allylic oxidation sites excluding steroid dienone is 17. The molecule has 0 amide bonds. The molecular formula is C33H46O2. The van der Waals surface area contributed by atoms with Crippen molar-refractivity contribution in [2.75, 3.05) is 0 Å².